The van der Waals surface area contributed by atoms with Crippen molar-refractivity contribution in [3.63, 3.8) is 0 Å². The number of piperazine rings is 1. The molecule has 0 unspecified atom stereocenters. The quantitative estimate of drug-likeness (QED) is 0.834. The summed E-state index contributed by atoms with van der Waals surface area (Å²) in [4.78, 5) is 16.0. The third-order valence-corrected chi connectivity index (χ3v) is 4.85. The van der Waals surface area contributed by atoms with Gasteiger partial charge in [0.05, 0.1) is 19.8 Å². The molecule has 0 spiro atoms. The Morgan fingerprint density at radius 1 is 0.920 bits per heavy atom. The predicted molar refractivity (Wildman–Crippen MR) is 96.0 cm³/mol. The van der Waals surface area contributed by atoms with Crippen LogP contribution in [0, 0.1) is 6.92 Å². The van der Waals surface area contributed by atoms with Gasteiger partial charge in [-0.05, 0) is 19.1 Å². The molecule has 0 radical (unpaired) electrons. The minimum Gasteiger partial charge on any atom is -0.465 e. The predicted octanol–water partition coefficient (Wildman–Crippen LogP) is 1.54. The summed E-state index contributed by atoms with van der Waals surface area (Å²) in [5.74, 6) is 4.04. The Hall–Kier alpha value is -2.12. The maximum atomic E-state index is 5.69. The average Bonchev–Trinajstić information content (AvgIpc) is 3.08. The van der Waals surface area contributed by atoms with Gasteiger partial charge in [0.25, 0.3) is 0 Å². The second-order valence-corrected chi connectivity index (χ2v) is 6.61. The highest BCUT2D eigenvalue weighted by molar-refractivity contribution is 5.50. The molecule has 4 heterocycles. The second-order valence-electron chi connectivity index (χ2n) is 6.61. The van der Waals surface area contributed by atoms with Crippen LogP contribution in [0.15, 0.2) is 28.9 Å². The van der Waals surface area contributed by atoms with Crippen LogP contribution >= 0.6 is 0 Å². The molecule has 25 heavy (non-hydrogen) atoms. The molecular weight excluding hydrogens is 318 g/mol. The van der Waals surface area contributed by atoms with E-state index in [1.165, 1.54) is 0 Å². The van der Waals surface area contributed by atoms with Crippen molar-refractivity contribution in [1.82, 2.24) is 14.9 Å². The summed E-state index contributed by atoms with van der Waals surface area (Å²) < 4.78 is 11.1. The molecular formula is C18H25N5O2. The molecule has 0 aliphatic carbocycles. The van der Waals surface area contributed by atoms with Crippen LogP contribution in [0.2, 0.25) is 0 Å². The topological polar surface area (TPSA) is 57.9 Å². The number of aromatic nitrogens is 2. The summed E-state index contributed by atoms with van der Waals surface area (Å²) in [6.45, 7) is 10.2. The van der Waals surface area contributed by atoms with Crippen molar-refractivity contribution in [3.05, 3.63) is 36.0 Å². The van der Waals surface area contributed by atoms with Gasteiger partial charge < -0.3 is 19.0 Å². The molecule has 7 nitrogen and oxygen atoms in total. The second kappa shape index (κ2) is 7.41. The minimum atomic E-state index is 0.768. The first-order valence-corrected chi connectivity index (χ1v) is 8.95. The molecule has 2 aromatic rings. The molecule has 2 aliphatic heterocycles. The highest BCUT2D eigenvalue weighted by atomic mass is 16.5. The maximum Gasteiger partial charge on any atom is 0.134 e. The first-order chi connectivity index (χ1) is 12.3. The van der Waals surface area contributed by atoms with Crippen molar-refractivity contribution in [2.45, 2.75) is 13.5 Å². The number of anilines is 2. The van der Waals surface area contributed by atoms with Gasteiger partial charge in [0, 0.05) is 45.3 Å². The SMILES string of the molecule is Cc1ccc(CN2CCN(c3cc(N4CCOCC4)ncn3)CC2)o1. The monoisotopic (exact) mass is 343 g/mol. The Balaban J connectivity index is 1.35. The van der Waals surface area contributed by atoms with Gasteiger partial charge in [-0.2, -0.15) is 0 Å². The van der Waals surface area contributed by atoms with Gasteiger partial charge in [0.1, 0.15) is 29.5 Å². The molecule has 4 rings (SSSR count). The summed E-state index contributed by atoms with van der Waals surface area (Å²) in [6.07, 6.45) is 1.68. The van der Waals surface area contributed by atoms with E-state index < -0.39 is 0 Å². The smallest absolute Gasteiger partial charge is 0.134 e. The van der Waals surface area contributed by atoms with E-state index >= 15 is 0 Å². The van der Waals surface area contributed by atoms with Gasteiger partial charge >= 0.3 is 0 Å². The van der Waals surface area contributed by atoms with Gasteiger partial charge in [0.2, 0.25) is 0 Å². The molecule has 0 aromatic carbocycles. The van der Waals surface area contributed by atoms with Crippen LogP contribution in [-0.2, 0) is 11.3 Å². The summed E-state index contributed by atoms with van der Waals surface area (Å²) in [5.41, 5.74) is 0. The third kappa shape index (κ3) is 3.93. The number of aryl methyl sites for hydroxylation is 1. The van der Waals surface area contributed by atoms with E-state index in [9.17, 15) is 0 Å². The lowest BCUT2D eigenvalue weighted by Crippen LogP contribution is -2.46. The summed E-state index contributed by atoms with van der Waals surface area (Å²) in [6, 6.07) is 6.21. The number of hydrogen-bond acceptors (Lipinski definition) is 7. The molecule has 0 N–H and O–H groups in total. The van der Waals surface area contributed by atoms with Crippen molar-refractivity contribution in [2.75, 3.05) is 62.3 Å². The number of hydrogen-bond donors (Lipinski definition) is 0. The molecule has 2 fully saturated rings. The fourth-order valence-corrected chi connectivity index (χ4v) is 3.40. The van der Waals surface area contributed by atoms with Crippen molar-refractivity contribution in [1.29, 1.82) is 0 Å². The summed E-state index contributed by atoms with van der Waals surface area (Å²) >= 11 is 0. The molecule has 2 aliphatic rings. The lowest BCUT2D eigenvalue weighted by molar-refractivity contribution is 0.122. The third-order valence-electron chi connectivity index (χ3n) is 4.85. The van der Waals surface area contributed by atoms with Crippen LogP contribution in [-0.4, -0.2) is 67.4 Å². The van der Waals surface area contributed by atoms with Crippen molar-refractivity contribution in [3.8, 4) is 0 Å². The molecule has 0 atom stereocenters. The van der Waals surface area contributed by atoms with E-state index in [2.05, 4.69) is 36.8 Å². The van der Waals surface area contributed by atoms with Crippen LogP contribution in [0.1, 0.15) is 11.5 Å². The van der Waals surface area contributed by atoms with E-state index in [1.54, 1.807) is 6.33 Å². The number of furan rings is 1. The largest absolute Gasteiger partial charge is 0.465 e. The van der Waals surface area contributed by atoms with Gasteiger partial charge in [-0.3, -0.25) is 4.90 Å². The summed E-state index contributed by atoms with van der Waals surface area (Å²) in [5, 5.41) is 0. The Bertz CT molecular complexity index is 690. The van der Waals surface area contributed by atoms with E-state index in [-0.39, 0.29) is 0 Å². The van der Waals surface area contributed by atoms with Crippen LogP contribution in [0.5, 0.6) is 0 Å². The number of morpholine rings is 1. The van der Waals surface area contributed by atoms with Gasteiger partial charge in [-0.25, -0.2) is 9.97 Å². The first-order valence-electron chi connectivity index (χ1n) is 8.95. The standard InChI is InChI=1S/C18H25N5O2/c1-15-2-3-16(25-15)13-21-4-6-22(7-5-21)17-12-18(20-14-19-17)23-8-10-24-11-9-23/h2-3,12,14H,4-11,13H2,1H3. The fourth-order valence-electron chi connectivity index (χ4n) is 3.40. The summed E-state index contributed by atoms with van der Waals surface area (Å²) in [7, 11) is 0. The van der Waals surface area contributed by atoms with Crippen molar-refractivity contribution in [2.24, 2.45) is 0 Å². The lowest BCUT2D eigenvalue weighted by atomic mass is 10.3. The van der Waals surface area contributed by atoms with Crippen LogP contribution in [0.3, 0.4) is 0 Å². The normalized spacial score (nSPS) is 19.4. The first kappa shape index (κ1) is 16.4. The minimum absolute atomic E-state index is 0.768. The number of nitrogens with zero attached hydrogens (tertiary/aromatic N) is 5. The molecule has 0 bridgehead atoms. The molecule has 0 amide bonds. The fraction of sp³-hybridized carbons (Fsp3) is 0.556. The van der Waals surface area contributed by atoms with E-state index in [0.717, 1.165) is 82.2 Å². The maximum absolute atomic E-state index is 5.69. The Kier molecular flexibility index (Phi) is 4.85. The van der Waals surface area contributed by atoms with Crippen LogP contribution in [0.25, 0.3) is 0 Å². The zero-order valence-electron chi connectivity index (χ0n) is 14.7. The van der Waals surface area contributed by atoms with E-state index in [0.29, 0.717) is 0 Å². The number of ether oxygens (including phenoxy) is 1. The van der Waals surface area contributed by atoms with Crippen LogP contribution in [0.4, 0.5) is 11.6 Å². The zero-order valence-corrected chi connectivity index (χ0v) is 14.7. The lowest BCUT2D eigenvalue weighted by Gasteiger charge is -2.35. The van der Waals surface area contributed by atoms with Crippen molar-refractivity contribution < 1.29 is 9.15 Å². The molecule has 134 valence electrons. The van der Waals surface area contributed by atoms with Gasteiger partial charge in [-0.15, -0.1) is 0 Å². The van der Waals surface area contributed by atoms with E-state index in [4.69, 9.17) is 9.15 Å². The van der Waals surface area contributed by atoms with Crippen molar-refractivity contribution >= 4 is 11.6 Å². The zero-order chi connectivity index (χ0) is 17.1. The highest BCUT2D eigenvalue weighted by Crippen LogP contribution is 2.20. The molecule has 0 saturated carbocycles. The molecule has 2 saturated heterocycles. The Morgan fingerprint density at radius 3 is 2.24 bits per heavy atom. The van der Waals surface area contributed by atoms with Gasteiger partial charge in [0.15, 0.2) is 0 Å². The average molecular weight is 343 g/mol. The van der Waals surface area contributed by atoms with Gasteiger partial charge in [-0.1, -0.05) is 0 Å². The Labute approximate surface area is 148 Å². The van der Waals surface area contributed by atoms with E-state index in [1.807, 2.05) is 13.0 Å². The highest BCUT2D eigenvalue weighted by Gasteiger charge is 2.20. The molecule has 2 aromatic heterocycles. The number of rotatable bonds is 4. The molecule has 7 heteroatoms. The van der Waals surface area contributed by atoms with Crippen LogP contribution < -0.4 is 9.80 Å². The Morgan fingerprint density at radius 2 is 1.60 bits per heavy atom.